The first-order valence-electron chi connectivity index (χ1n) is 4.66. The second kappa shape index (κ2) is 3.70. The maximum absolute atomic E-state index is 11.3. The van der Waals surface area contributed by atoms with E-state index in [-0.39, 0.29) is 11.8 Å². The van der Waals surface area contributed by atoms with Crippen LogP contribution in [-0.2, 0) is 4.79 Å². The molecule has 2 rings (SSSR count). The monoisotopic (exact) mass is 204 g/mol. The van der Waals surface area contributed by atoms with Gasteiger partial charge in [0.25, 0.3) is 0 Å². The number of nitrogens with one attached hydrogen (secondary N) is 2. The van der Waals surface area contributed by atoms with Gasteiger partial charge in [0.1, 0.15) is 0 Å². The van der Waals surface area contributed by atoms with Crippen LogP contribution in [0.25, 0.3) is 11.0 Å². The Kier molecular flexibility index (Phi) is 2.39. The number of imidazole rings is 1. The number of nitrogens with two attached hydrogens (primary N) is 1. The van der Waals surface area contributed by atoms with Gasteiger partial charge < -0.3 is 4.98 Å². The molecule has 1 heterocycles. The van der Waals surface area contributed by atoms with E-state index in [1.807, 2.05) is 18.2 Å². The van der Waals surface area contributed by atoms with Crippen LogP contribution in [0.1, 0.15) is 18.4 Å². The molecule has 0 radical (unpaired) electrons. The number of hydrogen-bond donors (Lipinski definition) is 3. The van der Waals surface area contributed by atoms with Gasteiger partial charge in [-0.05, 0) is 24.6 Å². The lowest BCUT2D eigenvalue weighted by molar-refractivity contribution is -0.122. The Balaban J connectivity index is 2.39. The second-order valence-electron chi connectivity index (χ2n) is 3.41. The minimum Gasteiger partial charge on any atom is -0.345 e. The molecular weight excluding hydrogens is 192 g/mol. The smallest absolute Gasteiger partial charge is 0.241 e. The first-order valence-corrected chi connectivity index (χ1v) is 4.66. The van der Waals surface area contributed by atoms with Crippen LogP contribution < -0.4 is 11.3 Å². The number of amides is 1. The molecule has 5 heteroatoms. The standard InChI is InChI=1S/C10H12N4O/c1-6(10(15)14-11)7-2-3-8-9(4-7)13-5-12-8/h2-6H,11H2,1H3,(H,12,13)(H,14,15). The highest BCUT2D eigenvalue weighted by molar-refractivity contribution is 5.84. The zero-order valence-electron chi connectivity index (χ0n) is 8.32. The van der Waals surface area contributed by atoms with Gasteiger partial charge in [-0.3, -0.25) is 10.2 Å². The molecule has 1 amide bonds. The minimum absolute atomic E-state index is 0.200. The Morgan fingerprint density at radius 2 is 2.40 bits per heavy atom. The van der Waals surface area contributed by atoms with E-state index < -0.39 is 0 Å². The quantitative estimate of drug-likeness (QED) is 0.381. The van der Waals surface area contributed by atoms with Crippen molar-refractivity contribution in [2.45, 2.75) is 12.8 Å². The number of hydrogen-bond acceptors (Lipinski definition) is 3. The van der Waals surface area contributed by atoms with Crippen LogP contribution in [0.3, 0.4) is 0 Å². The zero-order valence-corrected chi connectivity index (χ0v) is 8.32. The van der Waals surface area contributed by atoms with E-state index in [4.69, 9.17) is 5.84 Å². The summed E-state index contributed by atoms with van der Waals surface area (Å²) in [7, 11) is 0. The Morgan fingerprint density at radius 3 is 3.13 bits per heavy atom. The van der Waals surface area contributed by atoms with Crippen LogP contribution in [0.4, 0.5) is 0 Å². The first kappa shape index (κ1) is 9.67. The number of nitrogens with zero attached hydrogens (tertiary/aromatic N) is 1. The van der Waals surface area contributed by atoms with Crippen molar-refractivity contribution < 1.29 is 4.79 Å². The van der Waals surface area contributed by atoms with Gasteiger partial charge in [0.2, 0.25) is 5.91 Å². The van der Waals surface area contributed by atoms with E-state index in [1.54, 1.807) is 13.3 Å². The molecule has 2 aromatic rings. The van der Waals surface area contributed by atoms with Crippen molar-refractivity contribution in [1.82, 2.24) is 15.4 Å². The molecule has 1 aromatic heterocycles. The van der Waals surface area contributed by atoms with Gasteiger partial charge in [-0.1, -0.05) is 6.07 Å². The average molecular weight is 204 g/mol. The minimum atomic E-state index is -0.261. The molecule has 1 aromatic carbocycles. The summed E-state index contributed by atoms with van der Waals surface area (Å²) in [6, 6.07) is 5.66. The number of rotatable bonds is 2. The van der Waals surface area contributed by atoms with Gasteiger partial charge >= 0.3 is 0 Å². The molecule has 0 aliphatic heterocycles. The van der Waals surface area contributed by atoms with Crippen molar-refractivity contribution in [2.75, 3.05) is 0 Å². The highest BCUT2D eigenvalue weighted by Crippen LogP contribution is 2.19. The predicted octanol–water partition coefficient (Wildman–Crippen LogP) is 0.656. The van der Waals surface area contributed by atoms with Crippen molar-refractivity contribution >= 4 is 16.9 Å². The molecule has 1 atom stereocenters. The molecule has 5 nitrogen and oxygen atoms in total. The van der Waals surface area contributed by atoms with Gasteiger partial charge in [0.05, 0.1) is 23.3 Å². The topological polar surface area (TPSA) is 83.8 Å². The van der Waals surface area contributed by atoms with Crippen LogP contribution in [0.5, 0.6) is 0 Å². The Labute approximate surface area is 86.7 Å². The fourth-order valence-electron chi connectivity index (χ4n) is 1.50. The van der Waals surface area contributed by atoms with Crippen LogP contribution in [0.2, 0.25) is 0 Å². The van der Waals surface area contributed by atoms with Crippen molar-refractivity contribution in [1.29, 1.82) is 0 Å². The maximum atomic E-state index is 11.3. The third-order valence-electron chi connectivity index (χ3n) is 2.48. The van der Waals surface area contributed by atoms with Crippen LogP contribution in [0, 0.1) is 0 Å². The number of fused-ring (bicyclic) bond motifs is 1. The van der Waals surface area contributed by atoms with Crippen molar-refractivity contribution in [2.24, 2.45) is 5.84 Å². The number of carbonyl (C=O) groups excluding carboxylic acids is 1. The SMILES string of the molecule is CC(C(=O)NN)c1ccc2nc[nH]c2c1. The molecule has 1 unspecified atom stereocenters. The van der Waals surface area contributed by atoms with Crippen molar-refractivity contribution in [3.63, 3.8) is 0 Å². The van der Waals surface area contributed by atoms with E-state index in [9.17, 15) is 4.79 Å². The lowest BCUT2D eigenvalue weighted by Crippen LogP contribution is -2.33. The summed E-state index contributed by atoms with van der Waals surface area (Å²) < 4.78 is 0. The summed E-state index contributed by atoms with van der Waals surface area (Å²) in [5.41, 5.74) is 4.86. The molecule has 0 saturated heterocycles. The molecule has 15 heavy (non-hydrogen) atoms. The molecule has 78 valence electrons. The Bertz CT molecular complexity index is 491. The molecule has 0 aliphatic rings. The van der Waals surface area contributed by atoms with Crippen LogP contribution in [0.15, 0.2) is 24.5 Å². The van der Waals surface area contributed by atoms with Crippen molar-refractivity contribution in [3.8, 4) is 0 Å². The number of aromatic amines is 1. The third-order valence-corrected chi connectivity index (χ3v) is 2.48. The molecule has 0 fully saturated rings. The zero-order chi connectivity index (χ0) is 10.8. The maximum Gasteiger partial charge on any atom is 0.241 e. The van der Waals surface area contributed by atoms with E-state index in [2.05, 4.69) is 15.4 Å². The molecule has 0 spiro atoms. The lowest BCUT2D eigenvalue weighted by Gasteiger charge is -2.09. The number of aromatic nitrogens is 2. The third kappa shape index (κ3) is 1.69. The Morgan fingerprint density at radius 1 is 1.60 bits per heavy atom. The summed E-state index contributed by atoms with van der Waals surface area (Å²) in [6.45, 7) is 1.81. The fraction of sp³-hybridized carbons (Fsp3) is 0.200. The molecule has 0 saturated carbocycles. The highest BCUT2D eigenvalue weighted by atomic mass is 16.2. The van der Waals surface area contributed by atoms with Gasteiger partial charge in [-0.2, -0.15) is 0 Å². The van der Waals surface area contributed by atoms with Gasteiger partial charge in [-0.15, -0.1) is 0 Å². The number of carbonyl (C=O) groups is 1. The molecule has 4 N–H and O–H groups in total. The first-order chi connectivity index (χ1) is 7.22. The summed E-state index contributed by atoms with van der Waals surface area (Å²) in [4.78, 5) is 18.4. The summed E-state index contributed by atoms with van der Waals surface area (Å²) >= 11 is 0. The van der Waals surface area contributed by atoms with Gasteiger partial charge in [-0.25, -0.2) is 10.8 Å². The summed E-state index contributed by atoms with van der Waals surface area (Å²) in [6.07, 6.45) is 1.63. The average Bonchev–Trinajstić information content (AvgIpc) is 2.73. The van der Waals surface area contributed by atoms with E-state index in [1.165, 1.54) is 0 Å². The Hall–Kier alpha value is -1.88. The van der Waals surface area contributed by atoms with E-state index in [0.717, 1.165) is 16.6 Å². The molecule has 0 aliphatic carbocycles. The number of H-pyrrole nitrogens is 1. The normalized spacial score (nSPS) is 12.7. The summed E-state index contributed by atoms with van der Waals surface area (Å²) in [5.74, 6) is 4.62. The van der Waals surface area contributed by atoms with E-state index >= 15 is 0 Å². The van der Waals surface area contributed by atoms with Crippen LogP contribution >= 0.6 is 0 Å². The van der Waals surface area contributed by atoms with Gasteiger partial charge in [0.15, 0.2) is 0 Å². The molecule has 0 bridgehead atoms. The summed E-state index contributed by atoms with van der Waals surface area (Å²) in [5, 5.41) is 0. The number of hydrazine groups is 1. The number of benzene rings is 1. The van der Waals surface area contributed by atoms with E-state index in [0.29, 0.717) is 0 Å². The lowest BCUT2D eigenvalue weighted by atomic mass is 10.0. The fourth-order valence-corrected chi connectivity index (χ4v) is 1.50. The predicted molar refractivity (Wildman–Crippen MR) is 56.8 cm³/mol. The second-order valence-corrected chi connectivity index (χ2v) is 3.41. The highest BCUT2D eigenvalue weighted by Gasteiger charge is 2.14. The molecular formula is C10H12N4O. The van der Waals surface area contributed by atoms with Crippen molar-refractivity contribution in [3.05, 3.63) is 30.1 Å². The largest absolute Gasteiger partial charge is 0.345 e. The van der Waals surface area contributed by atoms with Gasteiger partial charge in [0, 0.05) is 0 Å². The van der Waals surface area contributed by atoms with Crippen LogP contribution in [-0.4, -0.2) is 15.9 Å².